The maximum atomic E-state index is 12.9. The van der Waals surface area contributed by atoms with Crippen molar-refractivity contribution in [1.82, 2.24) is 20.2 Å². The summed E-state index contributed by atoms with van der Waals surface area (Å²) in [5.74, 6) is 1.97. The number of nitrogens with zero attached hydrogens (tertiary/aromatic N) is 3. The number of piperidine rings is 1. The molecular formula is C20H30N4O. The Hall–Kier alpha value is -1.49. The van der Waals surface area contributed by atoms with Gasteiger partial charge in [0.25, 0.3) is 0 Å². The highest BCUT2D eigenvalue weighted by molar-refractivity contribution is 5.76. The molecule has 0 spiro atoms. The smallest absolute Gasteiger partial charge is 0.223 e. The van der Waals surface area contributed by atoms with Crippen LogP contribution in [0.5, 0.6) is 0 Å². The van der Waals surface area contributed by atoms with Crippen molar-refractivity contribution in [2.45, 2.75) is 76.8 Å². The summed E-state index contributed by atoms with van der Waals surface area (Å²) in [7, 11) is 0. The molecule has 1 aromatic rings. The average Bonchev–Trinajstić information content (AvgIpc) is 3.19. The number of fused-ring (bicyclic) bond motifs is 1. The third-order valence-corrected chi connectivity index (χ3v) is 6.19. The van der Waals surface area contributed by atoms with E-state index in [9.17, 15) is 4.79 Å². The highest BCUT2D eigenvalue weighted by Gasteiger charge is 2.31. The summed E-state index contributed by atoms with van der Waals surface area (Å²) in [6.07, 6.45) is 13.3. The van der Waals surface area contributed by atoms with Gasteiger partial charge >= 0.3 is 0 Å². The molecule has 1 saturated heterocycles. The zero-order valence-corrected chi connectivity index (χ0v) is 15.2. The summed E-state index contributed by atoms with van der Waals surface area (Å²) in [6, 6.07) is 0.0880. The number of carbonyl (C=O) groups is 1. The van der Waals surface area contributed by atoms with E-state index in [1.807, 2.05) is 6.20 Å². The van der Waals surface area contributed by atoms with Gasteiger partial charge in [-0.05, 0) is 31.6 Å². The Bertz CT molecular complexity index is 612. The van der Waals surface area contributed by atoms with Crippen molar-refractivity contribution >= 4 is 5.91 Å². The van der Waals surface area contributed by atoms with E-state index in [-0.39, 0.29) is 6.04 Å². The van der Waals surface area contributed by atoms with Crippen LogP contribution < -0.4 is 5.32 Å². The van der Waals surface area contributed by atoms with Crippen LogP contribution in [0.25, 0.3) is 0 Å². The van der Waals surface area contributed by atoms with Crippen LogP contribution in [0.1, 0.15) is 80.9 Å². The second-order valence-corrected chi connectivity index (χ2v) is 7.91. The van der Waals surface area contributed by atoms with Crippen LogP contribution in [0.3, 0.4) is 0 Å². The Morgan fingerprint density at radius 2 is 2.04 bits per heavy atom. The number of hydrogen-bond acceptors (Lipinski definition) is 4. The summed E-state index contributed by atoms with van der Waals surface area (Å²) in [6.45, 7) is 2.72. The first-order valence-corrected chi connectivity index (χ1v) is 10.2. The molecule has 2 aliphatic heterocycles. The van der Waals surface area contributed by atoms with Gasteiger partial charge in [-0.2, -0.15) is 0 Å². The lowest BCUT2D eigenvalue weighted by Crippen LogP contribution is -2.39. The van der Waals surface area contributed by atoms with Crippen molar-refractivity contribution in [2.24, 2.45) is 5.92 Å². The summed E-state index contributed by atoms with van der Waals surface area (Å²) in [5, 5.41) is 3.37. The molecule has 2 fully saturated rings. The Balaban J connectivity index is 1.45. The van der Waals surface area contributed by atoms with Crippen molar-refractivity contribution in [1.29, 1.82) is 0 Å². The molecular weight excluding hydrogens is 312 g/mol. The largest absolute Gasteiger partial charge is 0.332 e. The number of likely N-dealkylation sites (tertiary alicyclic amines) is 1. The molecule has 1 amide bonds. The number of hydrogen-bond donors (Lipinski definition) is 1. The molecule has 3 heterocycles. The van der Waals surface area contributed by atoms with Crippen molar-refractivity contribution in [3.05, 3.63) is 23.3 Å². The van der Waals surface area contributed by atoms with Crippen LogP contribution in [-0.4, -0.2) is 33.9 Å². The van der Waals surface area contributed by atoms with Crippen LogP contribution in [0.4, 0.5) is 0 Å². The molecule has 1 aromatic heterocycles. The van der Waals surface area contributed by atoms with Crippen LogP contribution >= 0.6 is 0 Å². The first kappa shape index (κ1) is 17.0. The SMILES string of the molecule is O=C(CCC1CCCC1)N1CCCCC1c1ncc2c(n1)CCNC2. The monoisotopic (exact) mass is 342 g/mol. The lowest BCUT2D eigenvalue weighted by atomic mass is 9.97. The minimum absolute atomic E-state index is 0.0880. The molecule has 4 rings (SSSR count). The summed E-state index contributed by atoms with van der Waals surface area (Å²) < 4.78 is 0. The summed E-state index contributed by atoms with van der Waals surface area (Å²) in [4.78, 5) is 24.5. The van der Waals surface area contributed by atoms with Crippen molar-refractivity contribution < 1.29 is 4.79 Å². The average molecular weight is 342 g/mol. The van der Waals surface area contributed by atoms with E-state index in [0.29, 0.717) is 12.3 Å². The van der Waals surface area contributed by atoms with Crippen molar-refractivity contribution in [3.63, 3.8) is 0 Å². The number of carbonyl (C=O) groups excluding carboxylic acids is 1. The lowest BCUT2D eigenvalue weighted by Gasteiger charge is -2.35. The van der Waals surface area contributed by atoms with E-state index in [4.69, 9.17) is 4.98 Å². The van der Waals surface area contributed by atoms with Gasteiger partial charge < -0.3 is 10.2 Å². The Morgan fingerprint density at radius 3 is 2.92 bits per heavy atom. The number of aromatic nitrogens is 2. The maximum Gasteiger partial charge on any atom is 0.223 e. The van der Waals surface area contributed by atoms with Gasteiger partial charge in [0.05, 0.1) is 6.04 Å². The second-order valence-electron chi connectivity index (χ2n) is 7.91. The fourth-order valence-electron chi connectivity index (χ4n) is 4.68. The minimum Gasteiger partial charge on any atom is -0.332 e. The van der Waals surface area contributed by atoms with E-state index >= 15 is 0 Å². The van der Waals surface area contributed by atoms with Crippen molar-refractivity contribution in [2.75, 3.05) is 13.1 Å². The van der Waals surface area contributed by atoms with Crippen LogP contribution in [-0.2, 0) is 17.8 Å². The van der Waals surface area contributed by atoms with Gasteiger partial charge in [0.15, 0.2) is 5.82 Å². The molecule has 0 radical (unpaired) electrons. The second kappa shape index (κ2) is 7.81. The molecule has 1 N–H and O–H groups in total. The Kier molecular flexibility index (Phi) is 5.30. The van der Waals surface area contributed by atoms with Crippen LogP contribution in [0.15, 0.2) is 6.20 Å². The number of rotatable bonds is 4. The molecule has 0 aromatic carbocycles. The van der Waals surface area contributed by atoms with Gasteiger partial charge in [-0.1, -0.05) is 25.7 Å². The minimum atomic E-state index is 0.0880. The molecule has 1 unspecified atom stereocenters. The highest BCUT2D eigenvalue weighted by Crippen LogP contribution is 2.32. The molecule has 3 aliphatic rings. The topological polar surface area (TPSA) is 58.1 Å². The van der Waals surface area contributed by atoms with Gasteiger partial charge in [-0.15, -0.1) is 0 Å². The quantitative estimate of drug-likeness (QED) is 0.913. The number of amides is 1. The van der Waals surface area contributed by atoms with E-state index in [0.717, 1.165) is 57.1 Å². The number of nitrogens with one attached hydrogen (secondary N) is 1. The zero-order valence-electron chi connectivity index (χ0n) is 15.2. The van der Waals surface area contributed by atoms with Gasteiger partial charge in [0.2, 0.25) is 5.91 Å². The third-order valence-electron chi connectivity index (χ3n) is 6.19. The molecule has 1 aliphatic carbocycles. The predicted octanol–water partition coefficient (Wildman–Crippen LogP) is 3.15. The normalized spacial score (nSPS) is 24.3. The van der Waals surface area contributed by atoms with Gasteiger partial charge in [-0.25, -0.2) is 9.97 Å². The third kappa shape index (κ3) is 3.86. The van der Waals surface area contributed by atoms with Gasteiger partial charge in [0.1, 0.15) is 0 Å². The first-order chi connectivity index (χ1) is 12.3. The fraction of sp³-hybridized carbons (Fsp3) is 0.750. The summed E-state index contributed by atoms with van der Waals surface area (Å²) in [5.41, 5.74) is 2.39. The predicted molar refractivity (Wildman–Crippen MR) is 96.9 cm³/mol. The van der Waals surface area contributed by atoms with Crippen LogP contribution in [0.2, 0.25) is 0 Å². The van der Waals surface area contributed by atoms with E-state index in [1.54, 1.807) is 0 Å². The summed E-state index contributed by atoms with van der Waals surface area (Å²) >= 11 is 0. The van der Waals surface area contributed by atoms with E-state index < -0.39 is 0 Å². The maximum absolute atomic E-state index is 12.9. The molecule has 5 nitrogen and oxygen atoms in total. The van der Waals surface area contributed by atoms with Crippen LogP contribution in [0, 0.1) is 5.92 Å². The van der Waals surface area contributed by atoms with E-state index in [1.165, 1.54) is 43.4 Å². The highest BCUT2D eigenvalue weighted by atomic mass is 16.2. The Labute approximate surface area is 150 Å². The molecule has 136 valence electrons. The molecule has 25 heavy (non-hydrogen) atoms. The lowest BCUT2D eigenvalue weighted by molar-refractivity contribution is -0.135. The first-order valence-electron chi connectivity index (χ1n) is 10.2. The molecule has 0 bridgehead atoms. The zero-order chi connectivity index (χ0) is 17.1. The van der Waals surface area contributed by atoms with Crippen molar-refractivity contribution in [3.8, 4) is 0 Å². The molecule has 1 atom stereocenters. The standard InChI is InChI=1S/C20H30N4O/c25-19(9-8-15-5-1-2-6-15)24-12-4-3-7-18(24)20-22-14-16-13-21-11-10-17(16)23-20/h14-15,18,21H,1-13H2. The van der Waals surface area contributed by atoms with Gasteiger partial charge in [-0.3, -0.25) is 4.79 Å². The molecule has 5 heteroatoms. The Morgan fingerprint density at radius 1 is 1.20 bits per heavy atom. The van der Waals surface area contributed by atoms with Gasteiger partial charge in [0, 0.05) is 49.9 Å². The molecule has 1 saturated carbocycles. The van der Waals surface area contributed by atoms with E-state index in [2.05, 4.69) is 15.2 Å². The fourth-order valence-corrected chi connectivity index (χ4v) is 4.68.